The topological polar surface area (TPSA) is 152 Å². The number of aliphatic hydroxyl groups excluding tert-OH is 2. The van der Waals surface area contributed by atoms with Crippen LogP contribution >= 0.6 is 0 Å². The third kappa shape index (κ3) is 9.06. The van der Waals surface area contributed by atoms with E-state index in [1.807, 2.05) is 0 Å². The minimum Gasteiger partial charge on any atom is -0.862 e. The van der Waals surface area contributed by atoms with Gasteiger partial charge in [0.2, 0.25) is 0 Å². The Morgan fingerprint density at radius 3 is 2.57 bits per heavy atom. The first-order valence-corrected chi connectivity index (χ1v) is 7.58. The standard InChI is InChI=1S/C10H20N2O7S.Na/c13-8-6-11-7(10(8)15)5-12-9(14)3-1-2-4-19-20(16,17)18;/h7-8,10-11,13,15H,1-6H2,(H,12,14)(H,16,17,18);/q;+1/p-1/t7-,8-,10-;/m0./s1. The summed E-state index contributed by atoms with van der Waals surface area (Å²) in [6, 6.07) is -0.434. The molecule has 11 heteroatoms. The first-order chi connectivity index (χ1) is 9.29. The maximum Gasteiger partial charge on any atom is 1.00 e. The van der Waals surface area contributed by atoms with Crippen molar-refractivity contribution in [3.8, 4) is 0 Å². The maximum atomic E-state index is 11.4. The second-order valence-electron chi connectivity index (χ2n) is 4.51. The van der Waals surface area contributed by atoms with Crippen LogP contribution in [0.3, 0.4) is 0 Å². The fourth-order valence-corrected chi connectivity index (χ4v) is 2.10. The van der Waals surface area contributed by atoms with Gasteiger partial charge in [-0.25, -0.2) is 4.18 Å². The molecule has 1 heterocycles. The van der Waals surface area contributed by atoms with Gasteiger partial charge in [0.05, 0.1) is 31.4 Å². The average Bonchev–Trinajstić information content (AvgIpc) is 2.66. The van der Waals surface area contributed by atoms with E-state index in [0.29, 0.717) is 12.8 Å². The molecule has 21 heavy (non-hydrogen) atoms. The van der Waals surface area contributed by atoms with Gasteiger partial charge in [-0.3, -0.25) is 4.55 Å². The smallest absolute Gasteiger partial charge is 0.862 e. The minimum atomic E-state index is -4.43. The van der Waals surface area contributed by atoms with Crippen molar-refractivity contribution >= 4 is 16.3 Å². The monoisotopic (exact) mass is 334 g/mol. The van der Waals surface area contributed by atoms with Crippen molar-refractivity contribution in [3.63, 3.8) is 0 Å². The molecule has 0 bridgehead atoms. The van der Waals surface area contributed by atoms with Crippen LogP contribution in [0.15, 0.2) is 4.99 Å². The van der Waals surface area contributed by atoms with Crippen LogP contribution in [0, 0.1) is 0 Å². The SMILES string of the molecule is O=S(=O)(O)OCCCCC([O-])=NC[C@@H]1NC[C@H](O)[C@H]1O.[Na+]. The van der Waals surface area contributed by atoms with Gasteiger partial charge in [0.15, 0.2) is 0 Å². The van der Waals surface area contributed by atoms with Crippen LogP contribution in [-0.2, 0) is 14.6 Å². The van der Waals surface area contributed by atoms with Gasteiger partial charge >= 0.3 is 40.0 Å². The predicted octanol–water partition coefficient (Wildman–Crippen LogP) is -5.57. The Labute approximate surface area is 145 Å². The van der Waals surface area contributed by atoms with Crippen molar-refractivity contribution in [2.45, 2.75) is 37.5 Å². The Morgan fingerprint density at radius 2 is 2.05 bits per heavy atom. The van der Waals surface area contributed by atoms with Crippen LogP contribution in [0.25, 0.3) is 0 Å². The third-order valence-electron chi connectivity index (χ3n) is 2.88. The summed E-state index contributed by atoms with van der Waals surface area (Å²) in [7, 11) is -4.43. The number of aliphatic imine (C=N–C) groups is 1. The van der Waals surface area contributed by atoms with Gasteiger partial charge in [0.1, 0.15) is 0 Å². The summed E-state index contributed by atoms with van der Waals surface area (Å²) >= 11 is 0. The molecule has 0 aromatic heterocycles. The number of hydrogen-bond acceptors (Lipinski definition) is 8. The van der Waals surface area contributed by atoms with Gasteiger partial charge < -0.3 is 25.6 Å². The Bertz CT molecular complexity index is 431. The zero-order valence-corrected chi connectivity index (χ0v) is 14.6. The molecule has 0 amide bonds. The average molecular weight is 334 g/mol. The summed E-state index contributed by atoms with van der Waals surface area (Å²) in [5, 5.41) is 33.0. The molecule has 3 atom stereocenters. The van der Waals surface area contributed by atoms with E-state index in [-0.39, 0.29) is 61.6 Å². The van der Waals surface area contributed by atoms with E-state index < -0.39 is 28.6 Å². The Kier molecular flexibility index (Phi) is 10.2. The predicted molar refractivity (Wildman–Crippen MR) is 67.5 cm³/mol. The molecule has 1 aliphatic heterocycles. The zero-order valence-electron chi connectivity index (χ0n) is 11.8. The molecule has 1 aliphatic rings. The number of nitrogens with zero attached hydrogens (tertiary/aromatic N) is 1. The number of hydrogen-bond donors (Lipinski definition) is 4. The van der Waals surface area contributed by atoms with Crippen LogP contribution in [0.1, 0.15) is 19.3 Å². The van der Waals surface area contributed by atoms with Gasteiger partial charge in [-0.2, -0.15) is 8.42 Å². The van der Waals surface area contributed by atoms with Gasteiger partial charge in [0.25, 0.3) is 0 Å². The molecule has 0 saturated carbocycles. The van der Waals surface area contributed by atoms with Crippen LogP contribution in [-0.4, -0.2) is 67.0 Å². The minimum absolute atomic E-state index is 0. The Hall–Kier alpha value is 0.220. The molecular weight excluding hydrogens is 315 g/mol. The van der Waals surface area contributed by atoms with Crippen molar-refractivity contribution in [1.29, 1.82) is 0 Å². The summed E-state index contributed by atoms with van der Waals surface area (Å²) in [4.78, 5) is 3.76. The summed E-state index contributed by atoms with van der Waals surface area (Å²) in [5.41, 5.74) is 0. The molecule has 1 saturated heterocycles. The molecule has 0 aliphatic carbocycles. The molecule has 9 nitrogen and oxygen atoms in total. The van der Waals surface area contributed by atoms with Crippen LogP contribution in [0.2, 0.25) is 0 Å². The number of nitrogens with one attached hydrogen (secondary N) is 1. The number of rotatable bonds is 8. The largest absolute Gasteiger partial charge is 1.00 e. The van der Waals surface area contributed by atoms with E-state index in [0.717, 1.165) is 0 Å². The molecule has 0 aromatic carbocycles. The van der Waals surface area contributed by atoms with E-state index in [2.05, 4.69) is 14.5 Å². The van der Waals surface area contributed by atoms with Crippen molar-refractivity contribution in [2.75, 3.05) is 19.7 Å². The van der Waals surface area contributed by atoms with E-state index in [1.54, 1.807) is 0 Å². The maximum absolute atomic E-state index is 11.4. The summed E-state index contributed by atoms with van der Waals surface area (Å²) in [6.07, 6.45) is -0.983. The molecular formula is C10H19N2NaO7S. The second kappa shape index (κ2) is 10.1. The van der Waals surface area contributed by atoms with Crippen molar-refractivity contribution in [3.05, 3.63) is 0 Å². The molecule has 0 unspecified atom stereocenters. The zero-order chi connectivity index (χ0) is 15.2. The third-order valence-corrected chi connectivity index (χ3v) is 3.34. The van der Waals surface area contributed by atoms with Gasteiger partial charge in [-0.05, 0) is 25.2 Å². The summed E-state index contributed by atoms with van der Waals surface area (Å²) in [5.74, 6) is -0.368. The molecule has 0 radical (unpaired) electrons. The van der Waals surface area contributed by atoms with Crippen LogP contribution < -0.4 is 40.0 Å². The fourth-order valence-electron chi connectivity index (χ4n) is 1.78. The van der Waals surface area contributed by atoms with Gasteiger partial charge in [0, 0.05) is 6.54 Å². The Balaban J connectivity index is 0.00000400. The quantitative estimate of drug-likeness (QED) is 0.113. The van der Waals surface area contributed by atoms with Crippen LogP contribution in [0.4, 0.5) is 0 Å². The summed E-state index contributed by atoms with van der Waals surface area (Å²) < 4.78 is 32.8. The van der Waals surface area contributed by atoms with Gasteiger partial charge in [-0.1, -0.05) is 0 Å². The number of unbranched alkanes of at least 4 members (excludes halogenated alkanes) is 1. The summed E-state index contributed by atoms with van der Waals surface area (Å²) in [6.45, 7) is 0.155. The number of aliphatic hydroxyl groups is 2. The molecule has 1 fully saturated rings. The van der Waals surface area contributed by atoms with Gasteiger partial charge in [-0.15, -0.1) is 0 Å². The van der Waals surface area contributed by atoms with Crippen molar-refractivity contribution < 1.29 is 62.0 Å². The van der Waals surface area contributed by atoms with E-state index in [4.69, 9.17) is 4.55 Å². The molecule has 118 valence electrons. The molecule has 0 spiro atoms. The van der Waals surface area contributed by atoms with Crippen molar-refractivity contribution in [1.82, 2.24) is 5.32 Å². The fraction of sp³-hybridized carbons (Fsp3) is 0.900. The first kappa shape index (κ1) is 21.2. The number of β-amino-alcohol motifs (C(OH)–C–C–N with tert-alkyl or cyclic N) is 1. The van der Waals surface area contributed by atoms with E-state index in [1.165, 1.54) is 0 Å². The molecule has 1 rings (SSSR count). The second-order valence-corrected chi connectivity index (χ2v) is 5.61. The Morgan fingerprint density at radius 1 is 1.38 bits per heavy atom. The van der Waals surface area contributed by atoms with E-state index in [9.17, 15) is 23.7 Å². The van der Waals surface area contributed by atoms with Crippen molar-refractivity contribution in [2.24, 2.45) is 4.99 Å². The molecule has 0 aromatic rings. The normalized spacial score (nSPS) is 26.6. The van der Waals surface area contributed by atoms with E-state index >= 15 is 0 Å². The first-order valence-electron chi connectivity index (χ1n) is 6.21. The van der Waals surface area contributed by atoms with Crippen LogP contribution in [0.5, 0.6) is 0 Å². The molecule has 4 N–H and O–H groups in total.